The van der Waals surface area contributed by atoms with Crippen molar-refractivity contribution in [1.29, 1.82) is 0 Å². The Morgan fingerprint density at radius 2 is 2.18 bits per heavy atom. The molecule has 0 spiro atoms. The summed E-state index contributed by atoms with van der Waals surface area (Å²) in [6.07, 6.45) is 1.59. The molecule has 0 bridgehead atoms. The minimum Gasteiger partial charge on any atom is -0.396 e. The largest absolute Gasteiger partial charge is 0.396 e. The summed E-state index contributed by atoms with van der Waals surface area (Å²) in [6.45, 7) is 2.03. The van der Waals surface area contributed by atoms with Gasteiger partial charge in [0.25, 0.3) is 5.56 Å². The molecule has 0 saturated carbocycles. The van der Waals surface area contributed by atoms with Crippen LogP contribution in [0.3, 0.4) is 0 Å². The van der Waals surface area contributed by atoms with Crippen LogP contribution in [-0.4, -0.2) is 9.78 Å². The van der Waals surface area contributed by atoms with Gasteiger partial charge >= 0.3 is 0 Å². The number of nitrogens with zero attached hydrogens (tertiary/aromatic N) is 2. The van der Waals surface area contributed by atoms with Crippen molar-refractivity contribution in [3.63, 3.8) is 0 Å². The highest BCUT2D eigenvalue weighted by Crippen LogP contribution is 2.12. The maximum absolute atomic E-state index is 13.2. The first-order valence-electron chi connectivity index (χ1n) is 5.14. The Morgan fingerprint density at radius 1 is 1.41 bits per heavy atom. The summed E-state index contributed by atoms with van der Waals surface area (Å²) in [5, 5.41) is 3.98. The molecule has 2 rings (SSSR count). The van der Waals surface area contributed by atoms with Gasteiger partial charge in [-0.2, -0.15) is 5.10 Å². The molecule has 0 aliphatic carbocycles. The van der Waals surface area contributed by atoms with Crippen LogP contribution in [0.15, 0.2) is 35.3 Å². The van der Waals surface area contributed by atoms with Crippen LogP contribution in [0.25, 0.3) is 0 Å². The molecule has 0 saturated heterocycles. The second kappa shape index (κ2) is 4.37. The first kappa shape index (κ1) is 11.3. The lowest BCUT2D eigenvalue weighted by Gasteiger charge is -2.05. The van der Waals surface area contributed by atoms with E-state index in [1.54, 1.807) is 19.2 Å². The number of aryl methyl sites for hydroxylation is 1. The molecule has 0 amide bonds. The van der Waals surface area contributed by atoms with E-state index in [1.807, 2.05) is 0 Å². The van der Waals surface area contributed by atoms with E-state index >= 15 is 0 Å². The number of halogens is 1. The monoisotopic (exact) mass is 233 g/mol. The fraction of sp³-hybridized carbons (Fsp3) is 0.167. The number of rotatable bonds is 2. The van der Waals surface area contributed by atoms with Gasteiger partial charge in [0.05, 0.1) is 18.4 Å². The van der Waals surface area contributed by atoms with Gasteiger partial charge in [-0.05, 0) is 30.2 Å². The summed E-state index contributed by atoms with van der Waals surface area (Å²) in [6, 6.07) is 5.94. The second-order valence-electron chi connectivity index (χ2n) is 3.88. The van der Waals surface area contributed by atoms with Gasteiger partial charge in [-0.3, -0.25) is 4.79 Å². The second-order valence-corrected chi connectivity index (χ2v) is 3.88. The Hall–Kier alpha value is -2.17. The summed E-state index contributed by atoms with van der Waals surface area (Å²) in [4.78, 5) is 11.6. The molecule has 2 aromatic rings. The van der Waals surface area contributed by atoms with E-state index in [0.29, 0.717) is 5.56 Å². The summed E-state index contributed by atoms with van der Waals surface area (Å²) in [7, 11) is 0. The van der Waals surface area contributed by atoms with Crippen LogP contribution < -0.4 is 11.3 Å². The van der Waals surface area contributed by atoms with Crippen molar-refractivity contribution in [1.82, 2.24) is 9.78 Å². The Kier molecular flexibility index (Phi) is 2.91. The van der Waals surface area contributed by atoms with E-state index in [4.69, 9.17) is 5.73 Å². The zero-order chi connectivity index (χ0) is 12.4. The van der Waals surface area contributed by atoms with Crippen molar-refractivity contribution in [3.05, 3.63) is 57.8 Å². The highest BCUT2D eigenvalue weighted by Gasteiger charge is 2.03. The lowest BCUT2D eigenvalue weighted by Crippen LogP contribution is -2.22. The minimum atomic E-state index is -0.484. The quantitative estimate of drug-likeness (QED) is 0.796. The molecule has 1 heterocycles. The van der Waals surface area contributed by atoms with Gasteiger partial charge in [0.2, 0.25) is 0 Å². The Bertz CT molecular complexity index is 607. The summed E-state index contributed by atoms with van der Waals surface area (Å²) < 4.78 is 14.5. The average Bonchev–Trinajstić information content (AvgIpc) is 2.27. The Labute approximate surface area is 97.5 Å². The molecule has 17 heavy (non-hydrogen) atoms. The Morgan fingerprint density at radius 3 is 2.82 bits per heavy atom. The zero-order valence-corrected chi connectivity index (χ0v) is 9.35. The fourth-order valence-electron chi connectivity index (χ4n) is 1.48. The maximum atomic E-state index is 13.2. The normalized spacial score (nSPS) is 10.5. The van der Waals surface area contributed by atoms with E-state index < -0.39 is 5.82 Å². The van der Waals surface area contributed by atoms with Crippen molar-refractivity contribution in [2.24, 2.45) is 0 Å². The van der Waals surface area contributed by atoms with Crippen molar-refractivity contribution in [3.8, 4) is 0 Å². The molecule has 0 fully saturated rings. The molecule has 0 radical (unpaired) electrons. The summed E-state index contributed by atoms with van der Waals surface area (Å²) >= 11 is 0. The molecule has 88 valence electrons. The lowest BCUT2D eigenvalue weighted by atomic mass is 10.2. The maximum Gasteiger partial charge on any atom is 0.267 e. The zero-order valence-electron chi connectivity index (χ0n) is 9.35. The van der Waals surface area contributed by atoms with E-state index in [1.165, 1.54) is 22.9 Å². The van der Waals surface area contributed by atoms with Gasteiger partial charge in [0, 0.05) is 6.07 Å². The number of benzene rings is 1. The molecule has 1 aromatic carbocycles. The third-order valence-electron chi connectivity index (χ3n) is 2.40. The van der Waals surface area contributed by atoms with Crippen LogP contribution in [-0.2, 0) is 6.54 Å². The third-order valence-corrected chi connectivity index (χ3v) is 2.40. The molecule has 4 nitrogen and oxygen atoms in total. The molecular weight excluding hydrogens is 221 g/mol. The summed E-state index contributed by atoms with van der Waals surface area (Å²) in [5.74, 6) is -0.484. The molecule has 0 aliphatic rings. The van der Waals surface area contributed by atoms with Gasteiger partial charge in [-0.25, -0.2) is 9.07 Å². The van der Waals surface area contributed by atoms with Gasteiger partial charge in [-0.15, -0.1) is 0 Å². The fourth-order valence-corrected chi connectivity index (χ4v) is 1.48. The number of aromatic nitrogens is 2. The molecule has 5 heteroatoms. The topological polar surface area (TPSA) is 60.9 Å². The van der Waals surface area contributed by atoms with Crippen LogP contribution in [0.1, 0.15) is 11.1 Å². The van der Waals surface area contributed by atoms with E-state index in [2.05, 4.69) is 5.10 Å². The van der Waals surface area contributed by atoms with Crippen LogP contribution >= 0.6 is 0 Å². The lowest BCUT2D eigenvalue weighted by molar-refractivity contribution is 0.612. The number of hydrogen-bond donors (Lipinski definition) is 1. The molecule has 0 unspecified atom stereocenters. The van der Waals surface area contributed by atoms with Crippen LogP contribution in [0.5, 0.6) is 0 Å². The smallest absolute Gasteiger partial charge is 0.267 e. The summed E-state index contributed by atoms with van der Waals surface area (Å²) in [5.41, 5.74) is 6.71. The highest BCUT2D eigenvalue weighted by molar-refractivity contribution is 5.41. The van der Waals surface area contributed by atoms with E-state index in [-0.39, 0.29) is 17.8 Å². The first-order valence-corrected chi connectivity index (χ1v) is 5.14. The van der Waals surface area contributed by atoms with E-state index in [9.17, 15) is 9.18 Å². The number of hydrogen-bond acceptors (Lipinski definition) is 3. The molecule has 0 atom stereocenters. The predicted molar refractivity (Wildman–Crippen MR) is 63.1 cm³/mol. The number of anilines is 1. The van der Waals surface area contributed by atoms with Crippen molar-refractivity contribution in [2.45, 2.75) is 13.5 Å². The average molecular weight is 233 g/mol. The third kappa shape index (κ3) is 2.50. The Balaban J connectivity index is 2.31. The van der Waals surface area contributed by atoms with Crippen molar-refractivity contribution < 1.29 is 4.39 Å². The minimum absolute atomic E-state index is 0.0953. The SMILES string of the molecule is Cc1cnn(Cc2ccc(N)c(F)c2)c(=O)c1. The van der Waals surface area contributed by atoms with Crippen LogP contribution in [0.4, 0.5) is 10.1 Å². The van der Waals surface area contributed by atoms with Crippen molar-refractivity contribution in [2.75, 3.05) is 5.73 Å². The first-order chi connectivity index (χ1) is 8.06. The predicted octanol–water partition coefficient (Wildman–Crippen LogP) is 1.32. The number of nitrogens with two attached hydrogens (primary N) is 1. The standard InChI is InChI=1S/C12H12FN3O/c1-8-4-12(17)16(15-6-8)7-9-2-3-11(14)10(13)5-9/h2-6H,7,14H2,1H3. The molecule has 2 N–H and O–H groups in total. The molecular formula is C12H12FN3O. The van der Waals surface area contributed by atoms with Crippen LogP contribution in [0, 0.1) is 12.7 Å². The van der Waals surface area contributed by atoms with Gasteiger partial charge in [0.1, 0.15) is 5.82 Å². The van der Waals surface area contributed by atoms with Gasteiger partial charge in [-0.1, -0.05) is 6.07 Å². The molecule has 1 aromatic heterocycles. The van der Waals surface area contributed by atoms with Crippen molar-refractivity contribution >= 4 is 5.69 Å². The number of nitrogen functional groups attached to an aromatic ring is 1. The van der Waals surface area contributed by atoms with Gasteiger partial charge in [0.15, 0.2) is 0 Å². The highest BCUT2D eigenvalue weighted by atomic mass is 19.1. The van der Waals surface area contributed by atoms with Crippen LogP contribution in [0.2, 0.25) is 0 Å². The van der Waals surface area contributed by atoms with Gasteiger partial charge < -0.3 is 5.73 Å². The molecule has 0 aliphatic heterocycles. The van der Waals surface area contributed by atoms with E-state index in [0.717, 1.165) is 5.56 Å².